The van der Waals surface area contributed by atoms with E-state index >= 15 is 0 Å². The van der Waals surface area contributed by atoms with E-state index < -0.39 is 0 Å². The fraction of sp³-hybridized carbons (Fsp3) is 0.688. The Bertz CT molecular complexity index is 317. The van der Waals surface area contributed by atoms with Crippen LogP contribution in [0.4, 0.5) is 0 Å². The molecule has 1 unspecified atom stereocenters. The van der Waals surface area contributed by atoms with Gasteiger partial charge < -0.3 is 0 Å². The summed E-state index contributed by atoms with van der Waals surface area (Å²) in [6, 6.07) is 0. The van der Waals surface area contributed by atoms with E-state index in [4.69, 9.17) is 0 Å². The van der Waals surface area contributed by atoms with Gasteiger partial charge in [-0.2, -0.15) is 0 Å². The van der Waals surface area contributed by atoms with Gasteiger partial charge in [0.2, 0.25) is 0 Å². The Labute approximate surface area is 101 Å². The maximum absolute atomic E-state index is 3.66. The molecular formula is C16H24. The van der Waals surface area contributed by atoms with Crippen molar-refractivity contribution in [1.29, 1.82) is 0 Å². The standard InChI is InChI=1S/C16H24/c1-4-8-13-12(3)14-10-6-7-11-16(14)15(13)9-5-2/h12H,4-10H2,1-3H3. The molecule has 0 saturated carbocycles. The second kappa shape index (κ2) is 5.21. The second-order valence-corrected chi connectivity index (χ2v) is 5.16. The molecule has 0 spiro atoms. The molecule has 0 bridgehead atoms. The molecule has 16 heavy (non-hydrogen) atoms. The SMILES string of the molecule is CCCC1=C(CCC)C(C)C2=C1[C]CCC2. The van der Waals surface area contributed by atoms with Crippen LogP contribution in [0.5, 0.6) is 0 Å². The van der Waals surface area contributed by atoms with E-state index in [-0.39, 0.29) is 0 Å². The minimum absolute atomic E-state index is 0.726. The first-order valence-corrected chi connectivity index (χ1v) is 6.98. The van der Waals surface area contributed by atoms with Crippen LogP contribution in [0.3, 0.4) is 0 Å². The van der Waals surface area contributed by atoms with Crippen LogP contribution in [-0.2, 0) is 0 Å². The highest BCUT2D eigenvalue weighted by Crippen LogP contribution is 2.46. The minimum atomic E-state index is 0.726. The van der Waals surface area contributed by atoms with E-state index in [0.717, 1.165) is 5.92 Å². The van der Waals surface area contributed by atoms with Gasteiger partial charge in [0.15, 0.2) is 0 Å². The zero-order valence-corrected chi connectivity index (χ0v) is 11.0. The normalized spacial score (nSPS) is 25.3. The quantitative estimate of drug-likeness (QED) is 0.613. The van der Waals surface area contributed by atoms with Crippen LogP contribution >= 0.6 is 0 Å². The zero-order chi connectivity index (χ0) is 11.5. The molecule has 2 aliphatic rings. The van der Waals surface area contributed by atoms with Crippen molar-refractivity contribution in [2.45, 2.75) is 65.7 Å². The third-order valence-electron chi connectivity index (χ3n) is 4.00. The summed E-state index contributed by atoms with van der Waals surface area (Å²) in [7, 11) is 0. The Kier molecular flexibility index (Phi) is 3.89. The first-order valence-electron chi connectivity index (χ1n) is 6.98. The highest BCUT2D eigenvalue weighted by molar-refractivity contribution is 5.54. The third kappa shape index (κ3) is 1.99. The van der Waals surface area contributed by atoms with Gasteiger partial charge in [-0.1, -0.05) is 44.8 Å². The van der Waals surface area contributed by atoms with Crippen LogP contribution in [0.1, 0.15) is 65.7 Å². The molecule has 1 atom stereocenters. The Morgan fingerprint density at radius 1 is 1.19 bits per heavy atom. The molecule has 0 amide bonds. The molecule has 88 valence electrons. The molecule has 0 heteroatoms. The van der Waals surface area contributed by atoms with Crippen LogP contribution in [-0.4, -0.2) is 0 Å². The predicted octanol–water partition coefficient (Wildman–Crippen LogP) is 5.09. The average Bonchev–Trinajstić information content (AvgIpc) is 2.57. The maximum atomic E-state index is 3.66. The molecular weight excluding hydrogens is 192 g/mol. The lowest BCUT2D eigenvalue weighted by atomic mass is 9.87. The molecule has 2 radical (unpaired) electrons. The lowest BCUT2D eigenvalue weighted by Gasteiger charge is -2.18. The Morgan fingerprint density at radius 3 is 2.62 bits per heavy atom. The van der Waals surface area contributed by atoms with Crippen molar-refractivity contribution in [3.05, 3.63) is 28.7 Å². The van der Waals surface area contributed by atoms with E-state index in [1.165, 1.54) is 44.9 Å². The first kappa shape index (κ1) is 12.0. The van der Waals surface area contributed by atoms with E-state index in [2.05, 4.69) is 27.2 Å². The molecule has 0 fully saturated rings. The smallest absolute Gasteiger partial charge is 0.0167 e. The van der Waals surface area contributed by atoms with E-state index in [9.17, 15) is 0 Å². The zero-order valence-electron chi connectivity index (χ0n) is 11.0. The van der Waals surface area contributed by atoms with Crippen LogP contribution < -0.4 is 0 Å². The second-order valence-electron chi connectivity index (χ2n) is 5.16. The summed E-state index contributed by atoms with van der Waals surface area (Å²) >= 11 is 0. The van der Waals surface area contributed by atoms with E-state index in [0.29, 0.717) is 0 Å². The molecule has 0 aliphatic heterocycles. The predicted molar refractivity (Wildman–Crippen MR) is 70.1 cm³/mol. The summed E-state index contributed by atoms with van der Waals surface area (Å²) in [4.78, 5) is 0. The van der Waals surface area contributed by atoms with Crippen molar-refractivity contribution in [1.82, 2.24) is 0 Å². The lowest BCUT2D eigenvalue weighted by Crippen LogP contribution is -2.03. The average molecular weight is 216 g/mol. The van der Waals surface area contributed by atoms with Crippen LogP contribution in [0, 0.1) is 12.3 Å². The van der Waals surface area contributed by atoms with Crippen molar-refractivity contribution >= 4 is 0 Å². The summed E-state index contributed by atoms with van der Waals surface area (Å²) in [6.45, 7) is 7.01. The maximum Gasteiger partial charge on any atom is 0.0167 e. The summed E-state index contributed by atoms with van der Waals surface area (Å²) in [5, 5.41) is 0. The summed E-state index contributed by atoms with van der Waals surface area (Å²) < 4.78 is 0. The fourth-order valence-electron chi connectivity index (χ4n) is 3.27. The Hall–Kier alpha value is -0.520. The molecule has 0 aromatic carbocycles. The van der Waals surface area contributed by atoms with Gasteiger partial charge in [-0.3, -0.25) is 0 Å². The molecule has 0 aromatic heterocycles. The fourth-order valence-corrected chi connectivity index (χ4v) is 3.27. The van der Waals surface area contributed by atoms with Gasteiger partial charge in [-0.05, 0) is 49.2 Å². The molecule has 0 aromatic rings. The molecule has 2 aliphatic carbocycles. The van der Waals surface area contributed by atoms with Gasteiger partial charge in [0.25, 0.3) is 0 Å². The number of hydrogen-bond acceptors (Lipinski definition) is 0. The van der Waals surface area contributed by atoms with Crippen LogP contribution in [0.15, 0.2) is 22.3 Å². The van der Waals surface area contributed by atoms with Gasteiger partial charge in [-0.25, -0.2) is 0 Å². The lowest BCUT2D eigenvalue weighted by molar-refractivity contribution is 0.663. The Morgan fingerprint density at radius 2 is 1.94 bits per heavy atom. The molecule has 0 heterocycles. The molecule has 0 nitrogen and oxygen atoms in total. The van der Waals surface area contributed by atoms with Gasteiger partial charge in [0, 0.05) is 6.42 Å². The number of hydrogen-bond donors (Lipinski definition) is 0. The van der Waals surface area contributed by atoms with E-state index in [1.54, 1.807) is 22.3 Å². The van der Waals surface area contributed by atoms with Crippen molar-refractivity contribution in [3.63, 3.8) is 0 Å². The van der Waals surface area contributed by atoms with Gasteiger partial charge in [-0.15, -0.1) is 0 Å². The van der Waals surface area contributed by atoms with Crippen molar-refractivity contribution in [2.24, 2.45) is 5.92 Å². The largest absolute Gasteiger partial charge is 0.0651 e. The summed E-state index contributed by atoms with van der Waals surface area (Å²) in [6.07, 6.45) is 12.6. The van der Waals surface area contributed by atoms with E-state index in [1.807, 2.05) is 0 Å². The van der Waals surface area contributed by atoms with Crippen molar-refractivity contribution < 1.29 is 0 Å². The monoisotopic (exact) mass is 216 g/mol. The number of allylic oxidation sites excluding steroid dienone is 4. The highest BCUT2D eigenvalue weighted by atomic mass is 14.3. The number of rotatable bonds is 4. The summed E-state index contributed by atoms with van der Waals surface area (Å²) in [5.74, 6) is 0.726. The van der Waals surface area contributed by atoms with Crippen molar-refractivity contribution in [2.75, 3.05) is 0 Å². The summed E-state index contributed by atoms with van der Waals surface area (Å²) in [5.41, 5.74) is 6.66. The molecule has 0 N–H and O–H groups in total. The van der Waals surface area contributed by atoms with Crippen molar-refractivity contribution in [3.8, 4) is 0 Å². The van der Waals surface area contributed by atoms with Gasteiger partial charge >= 0.3 is 0 Å². The van der Waals surface area contributed by atoms with Gasteiger partial charge in [0.1, 0.15) is 0 Å². The molecule has 2 rings (SSSR count). The third-order valence-corrected chi connectivity index (χ3v) is 4.00. The topological polar surface area (TPSA) is 0 Å². The first-order chi connectivity index (χ1) is 7.79. The minimum Gasteiger partial charge on any atom is -0.0651 e. The Balaban J connectivity index is 2.30. The van der Waals surface area contributed by atoms with Gasteiger partial charge in [0.05, 0.1) is 0 Å². The van der Waals surface area contributed by atoms with Crippen LogP contribution in [0.2, 0.25) is 0 Å². The van der Waals surface area contributed by atoms with Crippen LogP contribution in [0.25, 0.3) is 0 Å². The molecule has 0 saturated heterocycles. The highest BCUT2D eigenvalue weighted by Gasteiger charge is 2.30.